The monoisotopic (exact) mass is 210 g/mol. The molecule has 1 N–H and O–H groups in total. The second-order valence-corrected chi connectivity index (χ2v) is 5.35. The van der Waals surface area contributed by atoms with Crippen LogP contribution in [0.4, 0.5) is 5.13 Å². The van der Waals surface area contributed by atoms with Crippen LogP contribution in [0.5, 0.6) is 0 Å². The van der Waals surface area contributed by atoms with E-state index in [1.807, 2.05) is 11.3 Å². The molecule has 1 aromatic rings. The Balaban J connectivity index is 2.17. The van der Waals surface area contributed by atoms with Gasteiger partial charge in [-0.3, -0.25) is 0 Å². The molecule has 78 valence electrons. The van der Waals surface area contributed by atoms with Crippen molar-refractivity contribution in [3.05, 3.63) is 10.6 Å². The topological polar surface area (TPSA) is 24.9 Å². The van der Waals surface area contributed by atoms with Crippen LogP contribution in [-0.4, -0.2) is 11.0 Å². The van der Waals surface area contributed by atoms with Gasteiger partial charge >= 0.3 is 0 Å². The van der Waals surface area contributed by atoms with E-state index in [0.717, 1.165) is 11.0 Å². The zero-order valence-electron chi connectivity index (χ0n) is 9.13. The van der Waals surface area contributed by atoms with E-state index in [9.17, 15) is 0 Å². The summed E-state index contributed by atoms with van der Waals surface area (Å²) in [6.45, 7) is 6.57. The first-order valence-corrected chi connectivity index (χ1v) is 6.28. The van der Waals surface area contributed by atoms with Crippen LogP contribution in [0.3, 0.4) is 0 Å². The Kier molecular flexibility index (Phi) is 2.77. The second kappa shape index (κ2) is 3.89. The van der Waals surface area contributed by atoms with Gasteiger partial charge in [0.05, 0.1) is 5.69 Å². The van der Waals surface area contributed by atoms with E-state index in [2.05, 4.69) is 26.1 Å². The first-order valence-electron chi connectivity index (χ1n) is 5.46. The predicted molar refractivity (Wildman–Crippen MR) is 62.2 cm³/mol. The lowest BCUT2D eigenvalue weighted by Gasteiger charge is -2.06. The van der Waals surface area contributed by atoms with E-state index in [0.29, 0.717) is 6.04 Å². The van der Waals surface area contributed by atoms with Crippen molar-refractivity contribution in [2.45, 2.75) is 52.0 Å². The van der Waals surface area contributed by atoms with Crippen LogP contribution in [0, 0.1) is 0 Å². The average molecular weight is 210 g/mol. The molecule has 0 radical (unpaired) electrons. The van der Waals surface area contributed by atoms with Crippen molar-refractivity contribution >= 4 is 16.5 Å². The second-order valence-electron chi connectivity index (χ2n) is 4.27. The van der Waals surface area contributed by atoms with Crippen molar-refractivity contribution in [1.29, 1.82) is 0 Å². The Bertz CT molecular complexity index is 317. The summed E-state index contributed by atoms with van der Waals surface area (Å²) in [7, 11) is 0. The first kappa shape index (κ1) is 9.97. The fraction of sp³-hybridized carbons (Fsp3) is 0.727. The Labute approximate surface area is 89.8 Å². The predicted octanol–water partition coefficient (Wildman–Crippen LogP) is 3.40. The van der Waals surface area contributed by atoms with Crippen LogP contribution in [-0.2, 0) is 6.42 Å². The summed E-state index contributed by atoms with van der Waals surface area (Å²) in [6, 6.07) is 0.487. The number of nitrogens with one attached hydrogen (secondary N) is 1. The molecule has 3 heteroatoms. The number of hydrogen-bond donors (Lipinski definition) is 1. The zero-order valence-corrected chi connectivity index (χ0v) is 9.95. The van der Waals surface area contributed by atoms with Gasteiger partial charge in [0.1, 0.15) is 0 Å². The minimum absolute atomic E-state index is 0.487. The lowest BCUT2D eigenvalue weighted by molar-refractivity contribution is 0.643. The third-order valence-corrected chi connectivity index (χ3v) is 3.80. The average Bonchev–Trinajstić information content (AvgIpc) is 2.61. The molecule has 0 spiro atoms. The molecule has 1 aliphatic carbocycles. The highest BCUT2D eigenvalue weighted by molar-refractivity contribution is 7.15. The maximum absolute atomic E-state index is 4.69. The maximum atomic E-state index is 4.69. The number of rotatable bonds is 3. The molecule has 0 saturated heterocycles. The molecular formula is C11H18N2S. The summed E-state index contributed by atoms with van der Waals surface area (Å²) in [5.41, 5.74) is 1.38. The fourth-order valence-corrected chi connectivity index (χ4v) is 3.22. The summed E-state index contributed by atoms with van der Waals surface area (Å²) in [4.78, 5) is 6.20. The van der Waals surface area contributed by atoms with E-state index in [1.165, 1.54) is 29.8 Å². The van der Waals surface area contributed by atoms with Crippen LogP contribution in [0.1, 0.15) is 50.1 Å². The Morgan fingerprint density at radius 1 is 1.57 bits per heavy atom. The summed E-state index contributed by atoms with van der Waals surface area (Å²) in [5.74, 6) is 0.726. The van der Waals surface area contributed by atoms with E-state index < -0.39 is 0 Å². The molecule has 2 nitrogen and oxygen atoms in total. The number of fused-ring (bicyclic) bond motifs is 1. The van der Waals surface area contributed by atoms with E-state index in [4.69, 9.17) is 4.98 Å². The van der Waals surface area contributed by atoms with E-state index in [1.54, 1.807) is 0 Å². The Hall–Kier alpha value is -0.570. The Morgan fingerprint density at radius 2 is 2.36 bits per heavy atom. The van der Waals surface area contributed by atoms with Crippen LogP contribution in [0.25, 0.3) is 0 Å². The largest absolute Gasteiger partial charge is 0.359 e. The highest BCUT2D eigenvalue weighted by atomic mass is 32.1. The van der Waals surface area contributed by atoms with Gasteiger partial charge in [-0.1, -0.05) is 6.92 Å². The molecule has 0 saturated carbocycles. The number of anilines is 1. The van der Waals surface area contributed by atoms with Gasteiger partial charge in [0.15, 0.2) is 5.13 Å². The SMILES string of the molecule is CCC1CCc2sc(NC(C)C)nc21. The van der Waals surface area contributed by atoms with Crippen molar-refractivity contribution < 1.29 is 0 Å². The molecule has 14 heavy (non-hydrogen) atoms. The molecule has 1 unspecified atom stereocenters. The summed E-state index contributed by atoms with van der Waals surface area (Å²) in [5, 5.41) is 4.50. The van der Waals surface area contributed by atoms with Crippen molar-refractivity contribution in [2.75, 3.05) is 5.32 Å². The normalized spacial score (nSPS) is 20.1. The summed E-state index contributed by atoms with van der Waals surface area (Å²) < 4.78 is 0. The molecule has 0 bridgehead atoms. The third-order valence-electron chi connectivity index (χ3n) is 2.74. The van der Waals surface area contributed by atoms with Gasteiger partial charge in [-0.15, -0.1) is 11.3 Å². The Morgan fingerprint density at radius 3 is 3.00 bits per heavy atom. The summed E-state index contributed by atoms with van der Waals surface area (Å²) >= 11 is 1.85. The van der Waals surface area contributed by atoms with Gasteiger partial charge in [0.25, 0.3) is 0 Å². The standard InChI is InChI=1S/C11H18N2S/c1-4-8-5-6-9-10(8)13-11(14-9)12-7(2)3/h7-8H,4-6H2,1-3H3,(H,12,13). The lowest BCUT2D eigenvalue weighted by Crippen LogP contribution is -2.09. The third kappa shape index (κ3) is 1.78. The molecular weight excluding hydrogens is 192 g/mol. The first-order chi connectivity index (χ1) is 6.70. The molecule has 1 heterocycles. The van der Waals surface area contributed by atoms with Crippen LogP contribution < -0.4 is 5.32 Å². The molecule has 0 amide bonds. The molecule has 1 atom stereocenters. The zero-order chi connectivity index (χ0) is 10.1. The molecule has 2 rings (SSSR count). The summed E-state index contributed by atoms with van der Waals surface area (Å²) in [6.07, 6.45) is 3.79. The molecule has 1 aliphatic rings. The van der Waals surface area contributed by atoms with Crippen LogP contribution >= 0.6 is 11.3 Å². The van der Waals surface area contributed by atoms with Gasteiger partial charge in [-0.2, -0.15) is 0 Å². The van der Waals surface area contributed by atoms with E-state index in [-0.39, 0.29) is 0 Å². The van der Waals surface area contributed by atoms with E-state index >= 15 is 0 Å². The number of thiazole rings is 1. The number of hydrogen-bond acceptors (Lipinski definition) is 3. The molecule has 0 aliphatic heterocycles. The number of aromatic nitrogens is 1. The smallest absolute Gasteiger partial charge is 0.183 e. The van der Waals surface area contributed by atoms with Gasteiger partial charge < -0.3 is 5.32 Å². The van der Waals surface area contributed by atoms with Crippen molar-refractivity contribution in [3.63, 3.8) is 0 Å². The number of aryl methyl sites for hydroxylation is 1. The van der Waals surface area contributed by atoms with Crippen LogP contribution in [0.2, 0.25) is 0 Å². The molecule has 0 fully saturated rings. The van der Waals surface area contributed by atoms with Gasteiger partial charge in [-0.25, -0.2) is 4.98 Å². The van der Waals surface area contributed by atoms with Crippen molar-refractivity contribution in [2.24, 2.45) is 0 Å². The van der Waals surface area contributed by atoms with Gasteiger partial charge in [-0.05, 0) is 33.1 Å². The number of nitrogens with zero attached hydrogens (tertiary/aromatic N) is 1. The highest BCUT2D eigenvalue weighted by Gasteiger charge is 2.25. The minimum Gasteiger partial charge on any atom is -0.359 e. The van der Waals surface area contributed by atoms with Crippen molar-refractivity contribution in [1.82, 2.24) is 4.98 Å². The quantitative estimate of drug-likeness (QED) is 0.827. The minimum atomic E-state index is 0.487. The van der Waals surface area contributed by atoms with Crippen molar-refractivity contribution in [3.8, 4) is 0 Å². The lowest BCUT2D eigenvalue weighted by atomic mass is 10.1. The fourth-order valence-electron chi connectivity index (χ4n) is 2.01. The molecule has 1 aromatic heterocycles. The van der Waals surface area contributed by atoms with Crippen LogP contribution in [0.15, 0.2) is 0 Å². The highest BCUT2D eigenvalue weighted by Crippen LogP contribution is 2.39. The van der Waals surface area contributed by atoms with Gasteiger partial charge in [0, 0.05) is 16.8 Å². The van der Waals surface area contributed by atoms with Gasteiger partial charge in [0.2, 0.25) is 0 Å². The maximum Gasteiger partial charge on any atom is 0.183 e. The molecule has 0 aromatic carbocycles.